The normalized spacial score (nSPS) is 12.0. The molecule has 3 aromatic heterocycles. The Morgan fingerprint density at radius 3 is 2.56 bits per heavy atom. The fraction of sp³-hybridized carbons (Fsp3) is 0.0500. The summed E-state index contributed by atoms with van der Waals surface area (Å²) in [4.78, 5) is 24.2. The highest BCUT2D eigenvalue weighted by atomic mass is 16.1. The average molecular weight is 328 g/mol. The van der Waals surface area contributed by atoms with Crippen molar-refractivity contribution in [3.8, 4) is 0 Å². The SMILES string of the molecule is O=C(N[C@@H](c1ccccc1)c1cc2ccncc2[nH]1)c1cccnc1. The summed E-state index contributed by atoms with van der Waals surface area (Å²) in [6.07, 6.45) is 6.75. The van der Waals surface area contributed by atoms with Crippen molar-refractivity contribution in [2.24, 2.45) is 0 Å². The summed E-state index contributed by atoms with van der Waals surface area (Å²) in [7, 11) is 0. The molecule has 1 atom stereocenters. The molecule has 0 fully saturated rings. The summed E-state index contributed by atoms with van der Waals surface area (Å²) in [6, 6.07) is 17.1. The maximum absolute atomic E-state index is 12.6. The minimum absolute atomic E-state index is 0.168. The summed E-state index contributed by atoms with van der Waals surface area (Å²) in [5, 5.41) is 4.15. The predicted octanol–water partition coefficient (Wildman–Crippen LogP) is 3.48. The molecule has 2 N–H and O–H groups in total. The second-order valence-corrected chi connectivity index (χ2v) is 5.75. The van der Waals surface area contributed by atoms with Crippen LogP contribution in [0.5, 0.6) is 0 Å². The summed E-state index contributed by atoms with van der Waals surface area (Å²) in [5.41, 5.74) is 3.38. The molecular weight excluding hydrogens is 312 g/mol. The van der Waals surface area contributed by atoms with Gasteiger partial charge in [0.05, 0.1) is 23.3 Å². The third kappa shape index (κ3) is 3.12. The lowest BCUT2D eigenvalue weighted by Gasteiger charge is -2.18. The Bertz CT molecular complexity index is 963. The monoisotopic (exact) mass is 328 g/mol. The Balaban J connectivity index is 1.73. The summed E-state index contributed by atoms with van der Waals surface area (Å²) in [6.45, 7) is 0. The van der Waals surface area contributed by atoms with Crippen molar-refractivity contribution in [1.29, 1.82) is 0 Å². The highest BCUT2D eigenvalue weighted by Crippen LogP contribution is 2.25. The number of aromatic nitrogens is 3. The van der Waals surface area contributed by atoms with Gasteiger partial charge in [-0.15, -0.1) is 0 Å². The highest BCUT2D eigenvalue weighted by Gasteiger charge is 2.19. The third-order valence-corrected chi connectivity index (χ3v) is 4.09. The number of carbonyl (C=O) groups excluding carboxylic acids is 1. The van der Waals surface area contributed by atoms with Gasteiger partial charge in [-0.05, 0) is 29.8 Å². The van der Waals surface area contributed by atoms with Gasteiger partial charge in [-0.2, -0.15) is 0 Å². The molecular formula is C20H16N4O. The van der Waals surface area contributed by atoms with Crippen molar-refractivity contribution in [2.75, 3.05) is 0 Å². The smallest absolute Gasteiger partial charge is 0.253 e. The van der Waals surface area contributed by atoms with Gasteiger partial charge in [0, 0.05) is 29.7 Å². The first-order valence-electron chi connectivity index (χ1n) is 8.00. The molecule has 5 nitrogen and oxygen atoms in total. The van der Waals surface area contributed by atoms with Crippen LogP contribution in [0, 0.1) is 0 Å². The molecule has 0 spiro atoms. The zero-order chi connectivity index (χ0) is 17.1. The Hall–Kier alpha value is -3.47. The van der Waals surface area contributed by atoms with Crippen molar-refractivity contribution in [2.45, 2.75) is 6.04 Å². The number of H-pyrrole nitrogens is 1. The average Bonchev–Trinajstić information content (AvgIpc) is 3.11. The number of hydrogen-bond acceptors (Lipinski definition) is 3. The van der Waals surface area contributed by atoms with Gasteiger partial charge in [-0.25, -0.2) is 0 Å². The van der Waals surface area contributed by atoms with Crippen LogP contribution in [0.2, 0.25) is 0 Å². The van der Waals surface area contributed by atoms with Crippen LogP contribution in [0.15, 0.2) is 79.4 Å². The van der Waals surface area contributed by atoms with Gasteiger partial charge in [0.15, 0.2) is 0 Å². The van der Waals surface area contributed by atoms with Gasteiger partial charge >= 0.3 is 0 Å². The van der Waals surface area contributed by atoms with E-state index in [1.165, 1.54) is 0 Å². The molecule has 0 radical (unpaired) electrons. The highest BCUT2D eigenvalue weighted by molar-refractivity contribution is 5.94. The van der Waals surface area contributed by atoms with Crippen LogP contribution in [-0.4, -0.2) is 20.9 Å². The first-order valence-corrected chi connectivity index (χ1v) is 8.00. The second kappa shape index (κ2) is 6.57. The maximum Gasteiger partial charge on any atom is 0.253 e. The van der Waals surface area contributed by atoms with E-state index in [1.807, 2.05) is 42.5 Å². The van der Waals surface area contributed by atoms with Crippen molar-refractivity contribution in [3.05, 3.63) is 96.2 Å². The molecule has 0 saturated heterocycles. The van der Waals surface area contributed by atoms with Gasteiger partial charge in [-0.3, -0.25) is 14.8 Å². The van der Waals surface area contributed by atoms with Gasteiger partial charge in [0.1, 0.15) is 0 Å². The van der Waals surface area contributed by atoms with Crippen molar-refractivity contribution < 1.29 is 4.79 Å². The Kier molecular flexibility index (Phi) is 3.96. The van der Waals surface area contributed by atoms with E-state index in [9.17, 15) is 4.79 Å². The van der Waals surface area contributed by atoms with Crippen LogP contribution in [0.4, 0.5) is 0 Å². The number of amides is 1. The summed E-state index contributed by atoms with van der Waals surface area (Å²) >= 11 is 0. The lowest BCUT2D eigenvalue weighted by atomic mass is 10.0. The lowest BCUT2D eigenvalue weighted by molar-refractivity contribution is 0.0942. The summed E-state index contributed by atoms with van der Waals surface area (Å²) < 4.78 is 0. The van der Waals surface area contributed by atoms with Gasteiger partial charge in [0.2, 0.25) is 0 Å². The van der Waals surface area contributed by atoms with E-state index < -0.39 is 0 Å². The molecule has 0 aliphatic heterocycles. The van der Waals surface area contributed by atoms with Gasteiger partial charge in [-0.1, -0.05) is 30.3 Å². The number of aromatic amines is 1. The van der Waals surface area contributed by atoms with E-state index in [2.05, 4.69) is 20.3 Å². The zero-order valence-electron chi connectivity index (χ0n) is 13.4. The van der Waals surface area contributed by atoms with Crippen LogP contribution >= 0.6 is 0 Å². The molecule has 122 valence electrons. The minimum atomic E-state index is -0.290. The first-order chi connectivity index (χ1) is 12.3. The van der Waals surface area contributed by atoms with Gasteiger partial charge in [0.25, 0.3) is 5.91 Å². The third-order valence-electron chi connectivity index (χ3n) is 4.09. The largest absolute Gasteiger partial charge is 0.355 e. The fourth-order valence-corrected chi connectivity index (χ4v) is 2.85. The Morgan fingerprint density at radius 1 is 0.960 bits per heavy atom. The van der Waals surface area contributed by atoms with Crippen molar-refractivity contribution >= 4 is 16.8 Å². The number of nitrogens with one attached hydrogen (secondary N) is 2. The van der Waals surface area contributed by atoms with Crippen LogP contribution in [0.1, 0.15) is 27.7 Å². The number of benzene rings is 1. The van der Waals surface area contributed by atoms with Crippen molar-refractivity contribution in [3.63, 3.8) is 0 Å². The van der Waals surface area contributed by atoms with Crippen LogP contribution in [-0.2, 0) is 0 Å². The van der Waals surface area contributed by atoms with Gasteiger partial charge < -0.3 is 10.3 Å². The first kappa shape index (κ1) is 15.1. The van der Waals surface area contributed by atoms with E-state index >= 15 is 0 Å². The molecule has 4 rings (SSSR count). The van der Waals surface area contributed by atoms with Crippen LogP contribution < -0.4 is 5.32 Å². The molecule has 1 amide bonds. The number of pyridine rings is 2. The number of hydrogen-bond donors (Lipinski definition) is 2. The van der Waals surface area contributed by atoms with Crippen molar-refractivity contribution in [1.82, 2.24) is 20.3 Å². The zero-order valence-corrected chi connectivity index (χ0v) is 13.4. The minimum Gasteiger partial charge on any atom is -0.355 e. The maximum atomic E-state index is 12.6. The molecule has 5 heteroatoms. The Labute approximate surface area is 144 Å². The summed E-state index contributed by atoms with van der Waals surface area (Å²) in [5.74, 6) is -0.168. The molecule has 0 bridgehead atoms. The standard InChI is InChI=1S/C20H16N4O/c25-20(16-7-4-9-21-12-16)24-19(14-5-2-1-3-6-14)17-11-15-8-10-22-13-18(15)23-17/h1-13,19,23H,(H,24,25)/t19-/m0/s1. The number of rotatable bonds is 4. The van der Waals surface area contributed by atoms with E-state index in [0.717, 1.165) is 22.2 Å². The van der Waals surface area contributed by atoms with E-state index in [1.54, 1.807) is 36.9 Å². The molecule has 0 unspecified atom stereocenters. The molecule has 25 heavy (non-hydrogen) atoms. The number of fused-ring (bicyclic) bond motifs is 1. The number of nitrogens with zero attached hydrogens (tertiary/aromatic N) is 2. The molecule has 1 aromatic carbocycles. The quantitative estimate of drug-likeness (QED) is 0.602. The predicted molar refractivity (Wildman–Crippen MR) is 96.1 cm³/mol. The van der Waals surface area contributed by atoms with Crippen LogP contribution in [0.3, 0.4) is 0 Å². The number of carbonyl (C=O) groups is 1. The second-order valence-electron chi connectivity index (χ2n) is 5.75. The lowest BCUT2D eigenvalue weighted by Crippen LogP contribution is -2.29. The topological polar surface area (TPSA) is 70.7 Å². The molecule has 0 aliphatic carbocycles. The molecule has 0 aliphatic rings. The fourth-order valence-electron chi connectivity index (χ4n) is 2.85. The van der Waals surface area contributed by atoms with Crippen LogP contribution in [0.25, 0.3) is 10.9 Å². The molecule has 3 heterocycles. The molecule has 0 saturated carbocycles. The van der Waals surface area contributed by atoms with E-state index in [0.29, 0.717) is 5.56 Å². The van der Waals surface area contributed by atoms with E-state index in [-0.39, 0.29) is 11.9 Å². The molecule has 4 aromatic rings. The Morgan fingerprint density at radius 2 is 1.80 bits per heavy atom. The van der Waals surface area contributed by atoms with E-state index in [4.69, 9.17) is 0 Å².